The molecule has 0 heterocycles. The molecule has 2 rings (SSSR count). The van der Waals surface area contributed by atoms with E-state index >= 15 is 0 Å². The lowest BCUT2D eigenvalue weighted by Crippen LogP contribution is -2.14. The molecule has 0 aromatic heterocycles. The number of aliphatic imine (C=N–C) groups is 1. The van der Waals surface area contributed by atoms with Crippen molar-refractivity contribution in [1.82, 2.24) is 0 Å². The average molecular weight is 376 g/mol. The third kappa shape index (κ3) is 4.90. The first-order valence-corrected chi connectivity index (χ1v) is 7.23. The summed E-state index contributed by atoms with van der Waals surface area (Å²) < 4.78 is 82.0. The molecule has 2 N–H and O–H groups in total. The van der Waals surface area contributed by atoms with Gasteiger partial charge in [-0.05, 0) is 48.0 Å². The predicted molar refractivity (Wildman–Crippen MR) is 83.9 cm³/mol. The Balaban J connectivity index is 2.32. The van der Waals surface area contributed by atoms with Gasteiger partial charge in [-0.1, -0.05) is 0 Å². The molecule has 3 nitrogen and oxygen atoms in total. The highest BCUT2D eigenvalue weighted by Gasteiger charge is 2.36. The standard InChI is InChI=1S/C17H14F6N2O/c1-26-14-4-2-11(3-5-14)15(24)25-9-10-6-12(16(18,19)20)8-13(7-10)17(21,22)23/h2-8H,9H2,1H3,(H2,24,25). The van der Waals surface area contributed by atoms with Crippen molar-refractivity contribution < 1.29 is 31.1 Å². The zero-order chi connectivity index (χ0) is 19.5. The van der Waals surface area contributed by atoms with Crippen LogP contribution in [0.1, 0.15) is 22.3 Å². The number of hydrogen-bond donors (Lipinski definition) is 1. The fourth-order valence-corrected chi connectivity index (χ4v) is 2.14. The summed E-state index contributed by atoms with van der Waals surface area (Å²) in [6.45, 7) is -0.426. The molecule has 0 radical (unpaired) electrons. The largest absolute Gasteiger partial charge is 0.497 e. The summed E-state index contributed by atoms with van der Waals surface area (Å²) in [5, 5.41) is 0. The number of halogens is 6. The Bertz CT molecular complexity index is 762. The average Bonchev–Trinajstić information content (AvgIpc) is 2.58. The molecule has 9 heteroatoms. The Hall–Kier alpha value is -2.71. The summed E-state index contributed by atoms with van der Waals surface area (Å²) in [5.41, 5.74) is 3.19. The smallest absolute Gasteiger partial charge is 0.416 e. The fraction of sp³-hybridized carbons (Fsp3) is 0.235. The minimum Gasteiger partial charge on any atom is -0.497 e. The van der Waals surface area contributed by atoms with Crippen LogP contribution in [-0.4, -0.2) is 12.9 Å². The Morgan fingerprint density at radius 3 is 1.85 bits per heavy atom. The molecule has 0 saturated heterocycles. The number of ether oxygens (including phenoxy) is 1. The summed E-state index contributed by atoms with van der Waals surface area (Å²) >= 11 is 0. The van der Waals surface area contributed by atoms with Crippen molar-refractivity contribution in [3.05, 3.63) is 64.7 Å². The van der Waals surface area contributed by atoms with Gasteiger partial charge in [-0.25, -0.2) is 0 Å². The minimum absolute atomic E-state index is 0.0152. The van der Waals surface area contributed by atoms with Gasteiger partial charge in [-0.2, -0.15) is 26.3 Å². The van der Waals surface area contributed by atoms with Crippen molar-refractivity contribution in [2.24, 2.45) is 10.7 Å². The van der Waals surface area contributed by atoms with Crippen LogP contribution < -0.4 is 10.5 Å². The van der Waals surface area contributed by atoms with Gasteiger partial charge in [0, 0.05) is 5.56 Å². The second kappa shape index (κ2) is 7.27. The van der Waals surface area contributed by atoms with Gasteiger partial charge < -0.3 is 10.5 Å². The van der Waals surface area contributed by atoms with E-state index in [1.165, 1.54) is 7.11 Å². The van der Waals surface area contributed by atoms with Crippen molar-refractivity contribution in [2.45, 2.75) is 18.9 Å². The molecule has 0 saturated carbocycles. The van der Waals surface area contributed by atoms with E-state index in [-0.39, 0.29) is 17.5 Å². The second-order valence-electron chi connectivity index (χ2n) is 5.34. The lowest BCUT2D eigenvalue weighted by Gasteiger charge is -2.13. The van der Waals surface area contributed by atoms with Crippen LogP contribution in [0.4, 0.5) is 26.3 Å². The topological polar surface area (TPSA) is 47.6 Å². The molecule has 0 bridgehead atoms. The van der Waals surface area contributed by atoms with Crippen molar-refractivity contribution in [3.8, 4) is 5.75 Å². The van der Waals surface area contributed by atoms with E-state index in [1.54, 1.807) is 24.3 Å². The molecular formula is C17H14F6N2O. The summed E-state index contributed by atoms with van der Waals surface area (Å²) in [6.07, 6.45) is -9.80. The maximum atomic E-state index is 12.8. The van der Waals surface area contributed by atoms with E-state index in [9.17, 15) is 26.3 Å². The van der Waals surface area contributed by atoms with Crippen LogP contribution in [0.15, 0.2) is 47.5 Å². The van der Waals surface area contributed by atoms with E-state index in [2.05, 4.69) is 4.99 Å². The van der Waals surface area contributed by atoms with Gasteiger partial charge in [0.2, 0.25) is 0 Å². The Morgan fingerprint density at radius 2 is 1.42 bits per heavy atom. The third-order valence-corrected chi connectivity index (χ3v) is 3.47. The first kappa shape index (κ1) is 19.6. The molecule has 0 fully saturated rings. The summed E-state index contributed by atoms with van der Waals surface area (Å²) in [6, 6.07) is 7.67. The molecule has 140 valence electrons. The lowest BCUT2D eigenvalue weighted by molar-refractivity contribution is -0.143. The van der Waals surface area contributed by atoms with Crippen molar-refractivity contribution in [3.63, 3.8) is 0 Å². The molecule has 0 aliphatic heterocycles. The molecule has 0 aliphatic rings. The number of hydrogen-bond acceptors (Lipinski definition) is 2. The molecule has 2 aromatic rings. The van der Waals surface area contributed by atoms with Crippen LogP contribution in [-0.2, 0) is 18.9 Å². The zero-order valence-corrected chi connectivity index (χ0v) is 13.4. The van der Waals surface area contributed by atoms with E-state index in [0.29, 0.717) is 23.4 Å². The predicted octanol–water partition coefficient (Wildman–Crippen LogP) is 4.64. The van der Waals surface area contributed by atoms with Gasteiger partial charge in [0.15, 0.2) is 0 Å². The molecule has 0 amide bonds. The minimum atomic E-state index is -4.90. The van der Waals surface area contributed by atoms with Gasteiger partial charge >= 0.3 is 12.4 Å². The summed E-state index contributed by atoms with van der Waals surface area (Å²) in [4.78, 5) is 3.89. The van der Waals surface area contributed by atoms with Gasteiger partial charge in [0.25, 0.3) is 0 Å². The van der Waals surface area contributed by atoms with Crippen LogP contribution in [0.5, 0.6) is 5.75 Å². The van der Waals surface area contributed by atoms with Crippen LogP contribution in [0.3, 0.4) is 0 Å². The molecule has 26 heavy (non-hydrogen) atoms. The Kier molecular flexibility index (Phi) is 5.48. The maximum Gasteiger partial charge on any atom is 0.416 e. The highest BCUT2D eigenvalue weighted by molar-refractivity contribution is 5.97. The van der Waals surface area contributed by atoms with Gasteiger partial charge in [0.1, 0.15) is 11.6 Å². The second-order valence-corrected chi connectivity index (χ2v) is 5.34. The first-order valence-electron chi connectivity index (χ1n) is 7.23. The molecule has 0 aliphatic carbocycles. The van der Waals surface area contributed by atoms with E-state index in [4.69, 9.17) is 10.5 Å². The van der Waals surface area contributed by atoms with Crippen LogP contribution >= 0.6 is 0 Å². The Labute approximate surface area is 145 Å². The highest BCUT2D eigenvalue weighted by atomic mass is 19.4. The third-order valence-electron chi connectivity index (χ3n) is 3.47. The SMILES string of the molecule is COc1ccc(C(N)=NCc2cc(C(F)(F)F)cc(C(F)(F)F)c2)cc1. The van der Waals surface area contributed by atoms with Crippen molar-refractivity contribution in [2.75, 3.05) is 7.11 Å². The number of rotatable bonds is 4. The fourth-order valence-electron chi connectivity index (χ4n) is 2.14. The normalized spacial score (nSPS) is 13.0. The van der Waals surface area contributed by atoms with E-state index in [0.717, 1.165) is 0 Å². The molecular weight excluding hydrogens is 362 g/mol. The van der Waals surface area contributed by atoms with Gasteiger partial charge in [0.05, 0.1) is 24.8 Å². The number of nitrogens with two attached hydrogens (primary N) is 1. The molecule has 0 spiro atoms. The highest BCUT2D eigenvalue weighted by Crippen LogP contribution is 2.36. The summed E-state index contributed by atoms with van der Waals surface area (Å²) in [5.74, 6) is 0.549. The number of benzene rings is 2. The molecule has 0 atom stereocenters. The van der Waals surface area contributed by atoms with Gasteiger partial charge in [-0.15, -0.1) is 0 Å². The quantitative estimate of drug-likeness (QED) is 0.480. The van der Waals surface area contributed by atoms with Crippen LogP contribution in [0.2, 0.25) is 0 Å². The number of alkyl halides is 6. The maximum absolute atomic E-state index is 12.8. The number of methoxy groups -OCH3 is 1. The lowest BCUT2D eigenvalue weighted by atomic mass is 10.0. The van der Waals surface area contributed by atoms with Crippen LogP contribution in [0, 0.1) is 0 Å². The monoisotopic (exact) mass is 376 g/mol. The van der Waals surface area contributed by atoms with Crippen molar-refractivity contribution >= 4 is 5.84 Å². The van der Waals surface area contributed by atoms with Crippen LogP contribution in [0.25, 0.3) is 0 Å². The number of nitrogens with zero attached hydrogens (tertiary/aromatic N) is 1. The van der Waals surface area contributed by atoms with E-state index in [1.807, 2.05) is 0 Å². The van der Waals surface area contributed by atoms with Gasteiger partial charge in [-0.3, -0.25) is 4.99 Å². The van der Waals surface area contributed by atoms with Crippen molar-refractivity contribution in [1.29, 1.82) is 0 Å². The number of amidine groups is 1. The first-order chi connectivity index (χ1) is 12.0. The summed E-state index contributed by atoms with van der Waals surface area (Å²) in [7, 11) is 1.47. The zero-order valence-electron chi connectivity index (χ0n) is 13.4. The molecule has 2 aromatic carbocycles. The Morgan fingerprint density at radius 1 is 0.923 bits per heavy atom. The van der Waals surface area contributed by atoms with E-state index < -0.39 is 30.0 Å². The molecule has 0 unspecified atom stereocenters.